The van der Waals surface area contributed by atoms with Crippen LogP contribution in [0.4, 0.5) is 0 Å². The largest absolute Gasteiger partial charge is 0.494 e. The van der Waals surface area contributed by atoms with Crippen LogP contribution in [0, 0.1) is 0 Å². The maximum absolute atomic E-state index is 12.8. The molecule has 30 heavy (non-hydrogen) atoms. The van der Waals surface area contributed by atoms with Crippen LogP contribution in [0.2, 0.25) is 0 Å². The molecular weight excluding hydrogens is 426 g/mol. The summed E-state index contributed by atoms with van der Waals surface area (Å²) in [4.78, 5) is 2.44. The van der Waals surface area contributed by atoms with Gasteiger partial charge < -0.3 is 9.64 Å². The van der Waals surface area contributed by atoms with E-state index < -0.39 is 20.0 Å². The number of piperazine rings is 1. The Labute approximate surface area is 178 Å². The maximum atomic E-state index is 12.8. The molecule has 0 bridgehead atoms. The fourth-order valence-electron chi connectivity index (χ4n) is 3.10. The Morgan fingerprint density at radius 1 is 0.867 bits per heavy atom. The lowest BCUT2D eigenvalue weighted by Gasteiger charge is -2.31. The van der Waals surface area contributed by atoms with Crippen molar-refractivity contribution in [3.8, 4) is 5.75 Å². The number of nitrogens with one attached hydrogen (secondary N) is 1. The van der Waals surface area contributed by atoms with Crippen molar-refractivity contribution in [1.29, 1.82) is 0 Å². The average molecular weight is 454 g/mol. The first kappa shape index (κ1) is 22.7. The Morgan fingerprint density at radius 2 is 1.43 bits per heavy atom. The Morgan fingerprint density at radius 3 is 2.00 bits per heavy atom. The van der Waals surface area contributed by atoms with Gasteiger partial charge in [-0.3, -0.25) is 0 Å². The van der Waals surface area contributed by atoms with Crippen molar-refractivity contribution in [2.45, 2.75) is 23.3 Å². The van der Waals surface area contributed by atoms with Gasteiger partial charge in [0.1, 0.15) is 5.75 Å². The summed E-state index contributed by atoms with van der Waals surface area (Å²) in [6.07, 6.45) is 0. The maximum Gasteiger partial charge on any atom is 0.243 e. The summed E-state index contributed by atoms with van der Waals surface area (Å²) < 4.78 is 59.8. The molecule has 10 heteroatoms. The average Bonchev–Trinajstić information content (AvgIpc) is 2.74. The minimum atomic E-state index is -3.69. The zero-order chi connectivity index (χ0) is 21.8. The van der Waals surface area contributed by atoms with Crippen LogP contribution >= 0.6 is 0 Å². The van der Waals surface area contributed by atoms with Gasteiger partial charge >= 0.3 is 0 Å². The quantitative estimate of drug-likeness (QED) is 0.651. The van der Waals surface area contributed by atoms with E-state index in [1.807, 2.05) is 14.0 Å². The smallest absolute Gasteiger partial charge is 0.243 e. The van der Waals surface area contributed by atoms with Gasteiger partial charge in [-0.25, -0.2) is 21.6 Å². The molecule has 0 spiro atoms. The number of hydrogen-bond donors (Lipinski definition) is 1. The van der Waals surface area contributed by atoms with Gasteiger partial charge in [0.15, 0.2) is 0 Å². The Bertz CT molecular complexity index is 1040. The molecule has 1 aliphatic rings. The van der Waals surface area contributed by atoms with Crippen molar-refractivity contribution in [2.24, 2.45) is 0 Å². The van der Waals surface area contributed by atoms with Gasteiger partial charge in [-0.15, -0.1) is 0 Å². The lowest BCUT2D eigenvalue weighted by molar-refractivity contribution is 0.222. The highest BCUT2D eigenvalue weighted by molar-refractivity contribution is 7.89. The molecule has 2 aromatic rings. The molecule has 3 rings (SSSR count). The van der Waals surface area contributed by atoms with E-state index in [9.17, 15) is 16.8 Å². The third-order valence-corrected chi connectivity index (χ3v) is 8.26. The van der Waals surface area contributed by atoms with Crippen molar-refractivity contribution < 1.29 is 21.6 Å². The molecule has 8 nitrogen and oxygen atoms in total. The number of sulfonamides is 2. The van der Waals surface area contributed by atoms with Crippen LogP contribution in [0.3, 0.4) is 0 Å². The predicted molar refractivity (Wildman–Crippen MR) is 114 cm³/mol. The first-order valence-electron chi connectivity index (χ1n) is 9.72. The third kappa shape index (κ3) is 5.38. The van der Waals surface area contributed by atoms with Crippen molar-refractivity contribution in [1.82, 2.24) is 13.9 Å². The van der Waals surface area contributed by atoms with Crippen LogP contribution in [-0.4, -0.2) is 65.9 Å². The van der Waals surface area contributed by atoms with E-state index in [0.29, 0.717) is 44.1 Å². The van der Waals surface area contributed by atoms with Gasteiger partial charge in [0.2, 0.25) is 20.0 Å². The molecular formula is C20H27N3O5S2. The van der Waals surface area contributed by atoms with Crippen LogP contribution in [0.15, 0.2) is 58.3 Å². The summed E-state index contributed by atoms with van der Waals surface area (Å²) in [5.74, 6) is 0.605. The molecule has 0 aliphatic carbocycles. The van der Waals surface area contributed by atoms with Crippen LogP contribution in [-0.2, 0) is 26.6 Å². The normalized spacial score (nSPS) is 16.5. The fourth-order valence-corrected chi connectivity index (χ4v) is 5.54. The summed E-state index contributed by atoms with van der Waals surface area (Å²) in [6, 6.07) is 12.5. The van der Waals surface area contributed by atoms with Crippen LogP contribution in [0.1, 0.15) is 12.5 Å². The fraction of sp³-hybridized carbons (Fsp3) is 0.400. The standard InChI is InChI=1S/C20H27N3O5S2/c1-3-28-18-6-10-19(11-7-18)29(24,25)21-16-17-4-8-20(9-5-17)30(26,27)23-14-12-22(2)13-15-23/h4-11,21H,3,12-16H2,1-2H3. The second-order valence-corrected chi connectivity index (χ2v) is 10.8. The molecule has 1 saturated heterocycles. The lowest BCUT2D eigenvalue weighted by Crippen LogP contribution is -2.47. The molecule has 1 heterocycles. The van der Waals surface area contributed by atoms with Gasteiger partial charge in [0.05, 0.1) is 16.4 Å². The van der Waals surface area contributed by atoms with Crippen molar-refractivity contribution in [2.75, 3.05) is 39.8 Å². The zero-order valence-corrected chi connectivity index (χ0v) is 18.7. The first-order valence-corrected chi connectivity index (χ1v) is 12.6. The SMILES string of the molecule is CCOc1ccc(S(=O)(=O)NCc2ccc(S(=O)(=O)N3CCN(C)CC3)cc2)cc1. The topological polar surface area (TPSA) is 96.0 Å². The van der Waals surface area contributed by atoms with Gasteiger partial charge in [-0.1, -0.05) is 12.1 Å². The highest BCUT2D eigenvalue weighted by Crippen LogP contribution is 2.19. The number of benzene rings is 2. The lowest BCUT2D eigenvalue weighted by atomic mass is 10.2. The zero-order valence-electron chi connectivity index (χ0n) is 17.1. The van der Waals surface area contributed by atoms with Gasteiger partial charge in [0.25, 0.3) is 0 Å². The molecule has 164 valence electrons. The summed E-state index contributed by atoms with van der Waals surface area (Å²) in [7, 11) is -5.26. The molecule has 1 fully saturated rings. The van der Waals surface area contributed by atoms with E-state index in [2.05, 4.69) is 9.62 Å². The summed E-state index contributed by atoms with van der Waals surface area (Å²) in [6.45, 7) is 4.74. The van der Waals surface area contributed by atoms with E-state index in [4.69, 9.17) is 4.74 Å². The van der Waals surface area contributed by atoms with E-state index in [0.717, 1.165) is 0 Å². The molecule has 0 unspecified atom stereocenters. The second-order valence-electron chi connectivity index (χ2n) is 7.08. The Balaban J connectivity index is 1.64. The van der Waals surface area contributed by atoms with Crippen molar-refractivity contribution in [3.05, 3.63) is 54.1 Å². The highest BCUT2D eigenvalue weighted by atomic mass is 32.2. The molecule has 2 aromatic carbocycles. The number of rotatable bonds is 8. The molecule has 0 atom stereocenters. The van der Waals surface area contributed by atoms with Gasteiger partial charge in [0, 0.05) is 32.7 Å². The van der Waals surface area contributed by atoms with Gasteiger partial charge in [-0.2, -0.15) is 4.31 Å². The third-order valence-electron chi connectivity index (χ3n) is 4.93. The number of hydrogen-bond acceptors (Lipinski definition) is 6. The predicted octanol–water partition coefficient (Wildman–Crippen LogP) is 1.50. The van der Waals surface area contributed by atoms with E-state index >= 15 is 0 Å². The van der Waals surface area contributed by atoms with Crippen LogP contribution < -0.4 is 9.46 Å². The van der Waals surface area contributed by atoms with E-state index in [1.165, 1.54) is 28.6 Å². The Kier molecular flexibility index (Phi) is 7.14. The van der Waals surface area contributed by atoms with Crippen molar-refractivity contribution in [3.63, 3.8) is 0 Å². The van der Waals surface area contributed by atoms with Crippen molar-refractivity contribution >= 4 is 20.0 Å². The summed E-state index contributed by atoms with van der Waals surface area (Å²) in [5.41, 5.74) is 0.668. The van der Waals surface area contributed by atoms with Crippen LogP contribution in [0.5, 0.6) is 5.75 Å². The minimum Gasteiger partial charge on any atom is -0.494 e. The number of likely N-dealkylation sites (N-methyl/N-ethyl adjacent to an activating group) is 1. The highest BCUT2D eigenvalue weighted by Gasteiger charge is 2.27. The number of nitrogens with zero attached hydrogens (tertiary/aromatic N) is 2. The summed E-state index contributed by atoms with van der Waals surface area (Å²) >= 11 is 0. The number of ether oxygens (including phenoxy) is 1. The molecule has 0 aromatic heterocycles. The molecule has 0 amide bonds. The molecule has 0 saturated carbocycles. The minimum absolute atomic E-state index is 0.0599. The second kappa shape index (κ2) is 9.44. The molecule has 1 aliphatic heterocycles. The summed E-state index contributed by atoms with van der Waals surface area (Å²) in [5, 5.41) is 0. The molecule has 0 radical (unpaired) electrons. The molecule has 1 N–H and O–H groups in total. The first-order chi connectivity index (χ1) is 14.2. The monoisotopic (exact) mass is 453 g/mol. The van der Waals surface area contributed by atoms with E-state index in [-0.39, 0.29) is 16.3 Å². The Hall–Kier alpha value is -1.98. The van der Waals surface area contributed by atoms with Gasteiger partial charge in [-0.05, 0) is 55.9 Å². The van der Waals surface area contributed by atoms with Crippen LogP contribution in [0.25, 0.3) is 0 Å². The van der Waals surface area contributed by atoms with E-state index in [1.54, 1.807) is 24.3 Å².